The Bertz CT molecular complexity index is 602. The van der Waals surface area contributed by atoms with E-state index in [0.717, 1.165) is 24.5 Å². The second kappa shape index (κ2) is 8.78. The van der Waals surface area contributed by atoms with Gasteiger partial charge in [-0.05, 0) is 45.0 Å². The molecule has 2 rings (SSSR count). The van der Waals surface area contributed by atoms with E-state index in [2.05, 4.69) is 10.2 Å². The summed E-state index contributed by atoms with van der Waals surface area (Å²) in [7, 11) is 1.65. The average molecular weight is 363 g/mol. The third-order valence-corrected chi connectivity index (χ3v) is 4.08. The molecule has 0 aromatic heterocycles. The van der Waals surface area contributed by atoms with Gasteiger partial charge >= 0.3 is 6.09 Å². The predicted molar refractivity (Wildman–Crippen MR) is 101 cm³/mol. The zero-order valence-corrected chi connectivity index (χ0v) is 16.1. The van der Waals surface area contributed by atoms with Crippen LogP contribution < -0.4 is 15.0 Å². The molecule has 1 aromatic rings. The number of ether oxygens (including phenoxy) is 2. The summed E-state index contributed by atoms with van der Waals surface area (Å²) in [5, 5.41) is 2.62. The van der Waals surface area contributed by atoms with Gasteiger partial charge in [0.05, 0.1) is 7.11 Å². The molecule has 0 bridgehead atoms. The Morgan fingerprint density at radius 1 is 1.08 bits per heavy atom. The van der Waals surface area contributed by atoms with Gasteiger partial charge in [0.2, 0.25) is 5.91 Å². The minimum Gasteiger partial charge on any atom is -0.497 e. The van der Waals surface area contributed by atoms with E-state index in [9.17, 15) is 9.59 Å². The van der Waals surface area contributed by atoms with Crippen molar-refractivity contribution in [1.82, 2.24) is 10.2 Å². The summed E-state index contributed by atoms with van der Waals surface area (Å²) in [5.41, 5.74) is 0.593. The lowest BCUT2D eigenvalue weighted by atomic mass is 10.2. The maximum Gasteiger partial charge on any atom is 0.407 e. The van der Waals surface area contributed by atoms with Crippen molar-refractivity contribution >= 4 is 17.7 Å². The van der Waals surface area contributed by atoms with Crippen molar-refractivity contribution < 1.29 is 19.1 Å². The van der Waals surface area contributed by atoms with Gasteiger partial charge in [0.1, 0.15) is 11.4 Å². The Morgan fingerprint density at radius 3 is 2.23 bits per heavy atom. The van der Waals surface area contributed by atoms with E-state index in [1.165, 1.54) is 0 Å². The molecule has 2 amide bonds. The summed E-state index contributed by atoms with van der Waals surface area (Å²) >= 11 is 0. The number of benzene rings is 1. The number of hydrogen-bond donors (Lipinski definition) is 1. The van der Waals surface area contributed by atoms with Gasteiger partial charge in [-0.15, -0.1) is 0 Å². The normalized spacial score (nSPS) is 14.8. The smallest absolute Gasteiger partial charge is 0.407 e. The van der Waals surface area contributed by atoms with Crippen molar-refractivity contribution in [2.24, 2.45) is 0 Å². The van der Waals surface area contributed by atoms with E-state index in [-0.39, 0.29) is 18.9 Å². The van der Waals surface area contributed by atoms with Crippen molar-refractivity contribution in [3.8, 4) is 5.75 Å². The van der Waals surface area contributed by atoms with Crippen LogP contribution >= 0.6 is 0 Å². The molecule has 0 saturated carbocycles. The van der Waals surface area contributed by atoms with Gasteiger partial charge in [0, 0.05) is 44.8 Å². The van der Waals surface area contributed by atoms with Gasteiger partial charge in [-0.3, -0.25) is 4.79 Å². The molecular weight excluding hydrogens is 334 g/mol. The Hall–Kier alpha value is -2.44. The van der Waals surface area contributed by atoms with Gasteiger partial charge < -0.3 is 24.6 Å². The standard InChI is InChI=1S/C19H29N3O4/c1-19(2,3)26-18(24)20-10-9-17(23)22-13-11-21(12-14-22)15-5-7-16(25-4)8-6-15/h5-8H,9-14H2,1-4H3,(H,20,24). The number of carbonyl (C=O) groups excluding carboxylic acids is 2. The monoisotopic (exact) mass is 363 g/mol. The van der Waals surface area contributed by atoms with E-state index in [1.807, 2.05) is 29.2 Å². The quantitative estimate of drug-likeness (QED) is 0.869. The number of amides is 2. The van der Waals surface area contributed by atoms with Crippen molar-refractivity contribution in [2.45, 2.75) is 32.8 Å². The van der Waals surface area contributed by atoms with E-state index >= 15 is 0 Å². The first-order chi connectivity index (χ1) is 12.3. The van der Waals surface area contributed by atoms with Crippen LogP contribution in [0, 0.1) is 0 Å². The largest absolute Gasteiger partial charge is 0.497 e. The average Bonchev–Trinajstić information content (AvgIpc) is 2.60. The van der Waals surface area contributed by atoms with Crippen LogP contribution in [0.2, 0.25) is 0 Å². The fourth-order valence-electron chi connectivity index (χ4n) is 2.75. The van der Waals surface area contributed by atoms with Crippen molar-refractivity contribution in [1.29, 1.82) is 0 Å². The van der Waals surface area contributed by atoms with Gasteiger partial charge in [-0.2, -0.15) is 0 Å². The molecule has 0 atom stereocenters. The first-order valence-corrected chi connectivity index (χ1v) is 8.92. The lowest BCUT2D eigenvalue weighted by Gasteiger charge is -2.36. The number of hydrogen-bond acceptors (Lipinski definition) is 5. The molecule has 0 radical (unpaired) electrons. The Morgan fingerprint density at radius 2 is 1.69 bits per heavy atom. The molecule has 1 saturated heterocycles. The molecule has 7 nitrogen and oxygen atoms in total. The van der Waals surface area contributed by atoms with Gasteiger partial charge in [-0.25, -0.2) is 4.79 Å². The minimum absolute atomic E-state index is 0.0513. The topological polar surface area (TPSA) is 71.1 Å². The van der Waals surface area contributed by atoms with Crippen LogP contribution in [0.15, 0.2) is 24.3 Å². The van der Waals surface area contributed by atoms with Crippen LogP contribution in [0.3, 0.4) is 0 Å². The molecule has 1 fully saturated rings. The number of nitrogens with zero attached hydrogens (tertiary/aromatic N) is 2. The third-order valence-electron chi connectivity index (χ3n) is 4.08. The van der Waals surface area contributed by atoms with Crippen LogP contribution in [0.5, 0.6) is 5.75 Å². The Balaban J connectivity index is 1.71. The highest BCUT2D eigenvalue weighted by Crippen LogP contribution is 2.20. The highest BCUT2D eigenvalue weighted by molar-refractivity contribution is 5.77. The summed E-state index contributed by atoms with van der Waals surface area (Å²) in [6.07, 6.45) is -0.212. The van der Waals surface area contributed by atoms with Crippen LogP contribution in [0.1, 0.15) is 27.2 Å². The molecule has 7 heteroatoms. The van der Waals surface area contributed by atoms with Gasteiger partial charge in [0.25, 0.3) is 0 Å². The summed E-state index contributed by atoms with van der Waals surface area (Å²) in [4.78, 5) is 28.0. The van der Waals surface area contributed by atoms with E-state index in [1.54, 1.807) is 27.9 Å². The zero-order chi connectivity index (χ0) is 19.2. The second-order valence-electron chi connectivity index (χ2n) is 7.24. The number of carbonyl (C=O) groups is 2. The fraction of sp³-hybridized carbons (Fsp3) is 0.579. The van der Waals surface area contributed by atoms with Crippen molar-refractivity contribution in [3.05, 3.63) is 24.3 Å². The molecule has 1 N–H and O–H groups in total. The summed E-state index contributed by atoms with van der Waals surface area (Å²) in [6.45, 7) is 8.64. The first kappa shape index (κ1) is 19.9. The SMILES string of the molecule is COc1ccc(N2CCN(C(=O)CCNC(=O)OC(C)(C)C)CC2)cc1. The Labute approximate surface area is 155 Å². The van der Waals surface area contributed by atoms with E-state index in [0.29, 0.717) is 13.1 Å². The molecular formula is C19H29N3O4. The number of rotatable bonds is 5. The van der Waals surface area contributed by atoms with Gasteiger partial charge in [-0.1, -0.05) is 0 Å². The molecule has 1 aromatic carbocycles. The van der Waals surface area contributed by atoms with Crippen LogP contribution in [-0.4, -0.2) is 62.3 Å². The summed E-state index contributed by atoms with van der Waals surface area (Å²) in [6, 6.07) is 7.94. The van der Waals surface area contributed by atoms with Crippen molar-refractivity contribution in [2.75, 3.05) is 44.7 Å². The lowest BCUT2D eigenvalue weighted by Crippen LogP contribution is -2.49. The van der Waals surface area contributed by atoms with Crippen LogP contribution in [0.25, 0.3) is 0 Å². The summed E-state index contributed by atoms with van der Waals surface area (Å²) in [5.74, 6) is 0.885. The highest BCUT2D eigenvalue weighted by Gasteiger charge is 2.21. The molecule has 26 heavy (non-hydrogen) atoms. The zero-order valence-electron chi connectivity index (χ0n) is 16.1. The Kier molecular flexibility index (Phi) is 6.71. The number of nitrogens with one attached hydrogen (secondary N) is 1. The number of alkyl carbamates (subject to hydrolysis) is 1. The third kappa shape index (κ3) is 6.13. The minimum atomic E-state index is -0.536. The van der Waals surface area contributed by atoms with Crippen LogP contribution in [0.4, 0.5) is 10.5 Å². The molecule has 0 unspecified atom stereocenters. The highest BCUT2D eigenvalue weighted by atomic mass is 16.6. The first-order valence-electron chi connectivity index (χ1n) is 8.92. The fourth-order valence-corrected chi connectivity index (χ4v) is 2.75. The maximum atomic E-state index is 12.3. The molecule has 1 heterocycles. The maximum absolute atomic E-state index is 12.3. The molecule has 0 spiro atoms. The number of anilines is 1. The van der Waals surface area contributed by atoms with Crippen molar-refractivity contribution in [3.63, 3.8) is 0 Å². The molecule has 1 aliphatic rings. The molecule has 0 aliphatic carbocycles. The predicted octanol–water partition coefficient (Wildman–Crippen LogP) is 2.26. The van der Waals surface area contributed by atoms with E-state index in [4.69, 9.17) is 9.47 Å². The van der Waals surface area contributed by atoms with Crippen LogP contribution in [-0.2, 0) is 9.53 Å². The van der Waals surface area contributed by atoms with Gasteiger partial charge in [0.15, 0.2) is 0 Å². The molecule has 1 aliphatic heterocycles. The number of methoxy groups -OCH3 is 1. The lowest BCUT2D eigenvalue weighted by molar-refractivity contribution is -0.131. The second-order valence-corrected chi connectivity index (χ2v) is 7.24. The molecule has 144 valence electrons. The van der Waals surface area contributed by atoms with E-state index < -0.39 is 11.7 Å². The summed E-state index contributed by atoms with van der Waals surface area (Å²) < 4.78 is 10.3. The number of piperazine rings is 1.